The van der Waals surface area contributed by atoms with Crippen LogP contribution < -0.4 is 5.56 Å². The Hall–Kier alpha value is -1.44. The molecule has 0 bridgehead atoms. The van der Waals surface area contributed by atoms with E-state index in [4.69, 9.17) is 0 Å². The molecule has 3 aromatic rings. The van der Waals surface area contributed by atoms with Gasteiger partial charge in [0.25, 0.3) is 5.56 Å². The number of Topliss-reactive ketones (excluding diaryl/α,β-unsaturated/α-hetero) is 1. The van der Waals surface area contributed by atoms with Crippen LogP contribution in [0.15, 0.2) is 33.5 Å². The van der Waals surface area contributed by atoms with Gasteiger partial charge < -0.3 is 0 Å². The third-order valence-corrected chi connectivity index (χ3v) is 5.96. The van der Waals surface area contributed by atoms with E-state index >= 15 is 0 Å². The number of aromatic nitrogens is 2. The van der Waals surface area contributed by atoms with E-state index in [0.717, 1.165) is 9.75 Å². The van der Waals surface area contributed by atoms with Crippen LogP contribution in [-0.4, -0.2) is 21.1 Å². The zero-order valence-electron chi connectivity index (χ0n) is 11.5. The maximum Gasteiger partial charge on any atom is 0.271 e. The second-order valence-corrected chi connectivity index (χ2v) is 7.66. The highest BCUT2D eigenvalue weighted by Gasteiger charge is 2.13. The average molecular weight is 336 g/mol. The van der Waals surface area contributed by atoms with E-state index in [-0.39, 0.29) is 17.1 Å². The van der Waals surface area contributed by atoms with E-state index < -0.39 is 0 Å². The summed E-state index contributed by atoms with van der Waals surface area (Å²) in [6.45, 7) is 1.98. The van der Waals surface area contributed by atoms with Crippen molar-refractivity contribution in [2.75, 3.05) is 5.75 Å². The van der Waals surface area contributed by atoms with Crippen molar-refractivity contribution in [2.45, 2.75) is 12.1 Å². The van der Waals surface area contributed by atoms with Gasteiger partial charge in [-0.2, -0.15) is 0 Å². The standard InChI is InChI=1S/C14H12N2O2S3/c1-8-3-4-11(21-8)10(17)7-20-14-15-9-5-6-19-12(9)13(18)16(14)2/h3-6H,7H2,1-2H3. The van der Waals surface area contributed by atoms with E-state index in [0.29, 0.717) is 15.4 Å². The van der Waals surface area contributed by atoms with Crippen molar-refractivity contribution in [3.63, 3.8) is 0 Å². The fraction of sp³-hybridized carbons (Fsp3) is 0.214. The predicted molar refractivity (Wildman–Crippen MR) is 89.0 cm³/mol. The van der Waals surface area contributed by atoms with Crippen molar-refractivity contribution >= 4 is 50.4 Å². The van der Waals surface area contributed by atoms with E-state index in [2.05, 4.69) is 4.98 Å². The largest absolute Gasteiger partial charge is 0.292 e. The zero-order valence-corrected chi connectivity index (χ0v) is 13.9. The molecule has 4 nitrogen and oxygen atoms in total. The number of fused-ring (bicyclic) bond motifs is 1. The number of carbonyl (C=O) groups is 1. The Morgan fingerprint density at radius 1 is 1.38 bits per heavy atom. The molecule has 0 spiro atoms. The van der Waals surface area contributed by atoms with Gasteiger partial charge in [0, 0.05) is 11.9 Å². The van der Waals surface area contributed by atoms with Crippen molar-refractivity contribution in [1.29, 1.82) is 0 Å². The van der Waals surface area contributed by atoms with Gasteiger partial charge in [0.15, 0.2) is 10.9 Å². The molecule has 7 heteroatoms. The van der Waals surface area contributed by atoms with Gasteiger partial charge in [0.1, 0.15) is 4.70 Å². The van der Waals surface area contributed by atoms with Gasteiger partial charge in [0.05, 0.1) is 16.1 Å². The molecule has 0 unspecified atom stereocenters. The highest BCUT2D eigenvalue weighted by Crippen LogP contribution is 2.22. The minimum atomic E-state index is -0.0584. The summed E-state index contributed by atoms with van der Waals surface area (Å²) < 4.78 is 2.17. The van der Waals surface area contributed by atoms with Gasteiger partial charge in [-0.05, 0) is 30.5 Å². The lowest BCUT2D eigenvalue weighted by molar-refractivity contribution is 0.102. The molecule has 0 aliphatic heterocycles. The van der Waals surface area contributed by atoms with Crippen LogP contribution in [0.25, 0.3) is 10.2 Å². The number of rotatable bonds is 4. The summed E-state index contributed by atoms with van der Waals surface area (Å²) in [6.07, 6.45) is 0. The Balaban J connectivity index is 1.83. The lowest BCUT2D eigenvalue weighted by atomic mass is 10.3. The van der Waals surface area contributed by atoms with E-state index in [1.165, 1.54) is 39.0 Å². The summed E-state index contributed by atoms with van der Waals surface area (Å²) in [4.78, 5) is 30.6. The van der Waals surface area contributed by atoms with Crippen molar-refractivity contribution < 1.29 is 4.79 Å². The quantitative estimate of drug-likeness (QED) is 0.416. The first-order valence-electron chi connectivity index (χ1n) is 6.23. The Bertz CT molecular complexity index is 876. The molecular weight excluding hydrogens is 324 g/mol. The Kier molecular flexibility index (Phi) is 3.97. The molecule has 21 heavy (non-hydrogen) atoms. The van der Waals surface area contributed by atoms with Crippen molar-refractivity contribution in [3.05, 3.63) is 43.7 Å². The normalized spacial score (nSPS) is 11.1. The first kappa shape index (κ1) is 14.5. The summed E-state index contributed by atoms with van der Waals surface area (Å²) in [5.41, 5.74) is 0.641. The predicted octanol–water partition coefficient (Wildman–Crippen LogP) is 3.34. The molecule has 3 rings (SSSR count). The third-order valence-electron chi connectivity index (χ3n) is 2.99. The number of nitrogens with zero attached hydrogens (tertiary/aromatic N) is 2. The molecule has 3 heterocycles. The van der Waals surface area contributed by atoms with Crippen LogP contribution in [0.1, 0.15) is 14.5 Å². The highest BCUT2D eigenvalue weighted by atomic mass is 32.2. The number of thioether (sulfide) groups is 1. The molecule has 0 amide bonds. The molecule has 0 atom stereocenters. The maximum absolute atomic E-state index is 12.2. The third kappa shape index (κ3) is 2.81. The molecule has 0 aliphatic carbocycles. The van der Waals surface area contributed by atoms with E-state index in [1.54, 1.807) is 7.05 Å². The van der Waals surface area contributed by atoms with Crippen LogP contribution in [0.3, 0.4) is 0 Å². The van der Waals surface area contributed by atoms with Gasteiger partial charge in [-0.15, -0.1) is 22.7 Å². The number of ketones is 1. The number of carbonyl (C=O) groups excluding carboxylic acids is 1. The van der Waals surface area contributed by atoms with Gasteiger partial charge in [0.2, 0.25) is 0 Å². The summed E-state index contributed by atoms with van der Waals surface area (Å²) >= 11 is 4.19. The molecule has 0 saturated carbocycles. The molecule has 0 N–H and O–H groups in total. The summed E-state index contributed by atoms with van der Waals surface area (Å²) in [5, 5.41) is 2.43. The number of hydrogen-bond acceptors (Lipinski definition) is 6. The smallest absolute Gasteiger partial charge is 0.271 e. The second-order valence-electron chi connectivity index (χ2n) is 4.52. The van der Waals surface area contributed by atoms with Gasteiger partial charge >= 0.3 is 0 Å². The fourth-order valence-corrected chi connectivity index (χ4v) is 4.44. The number of thiophene rings is 2. The summed E-state index contributed by atoms with van der Waals surface area (Å²) in [7, 11) is 1.69. The van der Waals surface area contributed by atoms with E-state index in [9.17, 15) is 9.59 Å². The molecule has 0 aromatic carbocycles. The monoisotopic (exact) mass is 336 g/mol. The minimum Gasteiger partial charge on any atom is -0.292 e. The molecule has 0 aliphatic rings. The fourth-order valence-electron chi connectivity index (χ4n) is 1.88. The van der Waals surface area contributed by atoms with Crippen molar-refractivity contribution in [2.24, 2.45) is 7.05 Å². The lowest BCUT2D eigenvalue weighted by Gasteiger charge is -2.06. The molecule has 108 valence electrons. The second kappa shape index (κ2) is 5.75. The average Bonchev–Trinajstić information content (AvgIpc) is 3.09. The Morgan fingerprint density at radius 3 is 2.90 bits per heavy atom. The van der Waals surface area contributed by atoms with Crippen molar-refractivity contribution in [3.8, 4) is 0 Å². The number of hydrogen-bond donors (Lipinski definition) is 0. The van der Waals surface area contributed by atoms with Crippen LogP contribution in [-0.2, 0) is 7.05 Å². The minimum absolute atomic E-state index is 0.0584. The molecule has 0 saturated heterocycles. The topological polar surface area (TPSA) is 52.0 Å². The SMILES string of the molecule is Cc1ccc(C(=O)CSc2nc3ccsc3c(=O)n2C)s1. The summed E-state index contributed by atoms with van der Waals surface area (Å²) in [5.74, 6) is 0.355. The Labute approximate surface area is 133 Å². The number of aryl methyl sites for hydroxylation is 1. The molecule has 3 aromatic heterocycles. The lowest BCUT2D eigenvalue weighted by Crippen LogP contribution is -2.19. The summed E-state index contributed by atoms with van der Waals surface area (Å²) in [6, 6.07) is 5.61. The Morgan fingerprint density at radius 2 is 2.19 bits per heavy atom. The van der Waals surface area contributed by atoms with Crippen LogP contribution in [0.2, 0.25) is 0 Å². The van der Waals surface area contributed by atoms with Crippen LogP contribution in [0.4, 0.5) is 0 Å². The van der Waals surface area contributed by atoms with Crippen LogP contribution in [0, 0.1) is 6.92 Å². The highest BCUT2D eigenvalue weighted by molar-refractivity contribution is 7.99. The molecule has 0 fully saturated rings. The van der Waals surface area contributed by atoms with Gasteiger partial charge in [-0.1, -0.05) is 11.8 Å². The van der Waals surface area contributed by atoms with Crippen molar-refractivity contribution in [1.82, 2.24) is 9.55 Å². The van der Waals surface area contributed by atoms with Gasteiger partial charge in [-0.3, -0.25) is 14.2 Å². The van der Waals surface area contributed by atoms with Gasteiger partial charge in [-0.25, -0.2) is 4.98 Å². The molecule has 0 radical (unpaired) electrons. The first-order valence-corrected chi connectivity index (χ1v) is 8.91. The van der Waals surface area contributed by atoms with E-state index in [1.807, 2.05) is 30.5 Å². The van der Waals surface area contributed by atoms with Crippen LogP contribution >= 0.6 is 34.4 Å². The van der Waals surface area contributed by atoms with Crippen LogP contribution in [0.5, 0.6) is 0 Å². The molecular formula is C14H12N2O2S3. The zero-order chi connectivity index (χ0) is 15.0. The maximum atomic E-state index is 12.2. The first-order chi connectivity index (χ1) is 10.1.